The Bertz CT molecular complexity index is 867. The van der Waals surface area contributed by atoms with Crippen LogP contribution < -0.4 is 5.32 Å². The number of carbonyl (C=O) groups is 3. The molecule has 2 heterocycles. The number of fused-ring (bicyclic) bond motifs is 1. The molecule has 0 saturated carbocycles. The second-order valence-corrected chi connectivity index (χ2v) is 7.34. The fourth-order valence-corrected chi connectivity index (χ4v) is 3.42. The summed E-state index contributed by atoms with van der Waals surface area (Å²) in [6, 6.07) is 9.60. The van der Waals surface area contributed by atoms with Crippen molar-refractivity contribution in [3.63, 3.8) is 0 Å². The quantitative estimate of drug-likeness (QED) is 0.703. The molecule has 28 heavy (non-hydrogen) atoms. The van der Waals surface area contributed by atoms with E-state index in [4.69, 9.17) is 9.26 Å². The SMILES string of the molecule is Cc1cc(NC(=O)CSCC(=O)OCC(=O)N2CCc3ccccc3C2)no1. The lowest BCUT2D eigenvalue weighted by Gasteiger charge is -2.28. The topological polar surface area (TPSA) is 102 Å². The van der Waals surface area contributed by atoms with Gasteiger partial charge in [0.05, 0.1) is 11.5 Å². The van der Waals surface area contributed by atoms with Crippen molar-refractivity contribution in [2.75, 3.05) is 30.0 Å². The maximum Gasteiger partial charge on any atom is 0.316 e. The molecule has 148 valence electrons. The van der Waals surface area contributed by atoms with Crippen molar-refractivity contribution in [3.8, 4) is 0 Å². The van der Waals surface area contributed by atoms with E-state index in [1.807, 2.05) is 18.2 Å². The average molecular weight is 403 g/mol. The summed E-state index contributed by atoms with van der Waals surface area (Å²) in [5, 5.41) is 6.22. The number of aryl methyl sites for hydroxylation is 1. The van der Waals surface area contributed by atoms with Crippen LogP contribution in [0.1, 0.15) is 16.9 Å². The first kappa shape index (κ1) is 19.9. The highest BCUT2D eigenvalue weighted by Gasteiger charge is 2.21. The lowest BCUT2D eigenvalue weighted by molar-refractivity contribution is -0.150. The average Bonchev–Trinajstić information content (AvgIpc) is 3.10. The molecule has 8 nitrogen and oxygen atoms in total. The molecule has 0 saturated heterocycles. The van der Waals surface area contributed by atoms with E-state index in [1.165, 1.54) is 5.56 Å². The van der Waals surface area contributed by atoms with Gasteiger partial charge in [0.2, 0.25) is 5.91 Å². The molecular weight excluding hydrogens is 382 g/mol. The van der Waals surface area contributed by atoms with Crippen molar-refractivity contribution < 1.29 is 23.6 Å². The molecule has 1 aliphatic heterocycles. The van der Waals surface area contributed by atoms with E-state index in [0.717, 1.165) is 23.7 Å². The molecule has 1 N–H and O–H groups in total. The Hall–Kier alpha value is -2.81. The van der Waals surface area contributed by atoms with Crippen molar-refractivity contribution in [2.24, 2.45) is 0 Å². The van der Waals surface area contributed by atoms with Gasteiger partial charge in [-0.05, 0) is 24.5 Å². The van der Waals surface area contributed by atoms with Crippen molar-refractivity contribution in [1.29, 1.82) is 0 Å². The fourth-order valence-electron chi connectivity index (χ4n) is 2.82. The first-order valence-corrected chi connectivity index (χ1v) is 9.98. The minimum absolute atomic E-state index is 0.0125. The van der Waals surface area contributed by atoms with Crippen molar-refractivity contribution in [3.05, 3.63) is 47.2 Å². The number of nitrogens with one attached hydrogen (secondary N) is 1. The van der Waals surface area contributed by atoms with E-state index in [0.29, 0.717) is 24.7 Å². The van der Waals surface area contributed by atoms with Crippen LogP contribution in [0.2, 0.25) is 0 Å². The van der Waals surface area contributed by atoms with Gasteiger partial charge in [-0.15, -0.1) is 11.8 Å². The van der Waals surface area contributed by atoms with Crippen LogP contribution in [0, 0.1) is 6.92 Å². The molecule has 1 aromatic carbocycles. The van der Waals surface area contributed by atoms with Gasteiger partial charge in [0.15, 0.2) is 12.4 Å². The number of nitrogens with zero attached hydrogens (tertiary/aromatic N) is 2. The Morgan fingerprint density at radius 3 is 2.79 bits per heavy atom. The summed E-state index contributed by atoms with van der Waals surface area (Å²) in [4.78, 5) is 37.5. The molecule has 0 bridgehead atoms. The Labute approximate surface area is 166 Å². The van der Waals surface area contributed by atoms with Crippen LogP contribution in [0.25, 0.3) is 0 Å². The number of amides is 2. The molecule has 2 aromatic rings. The van der Waals surface area contributed by atoms with Crippen LogP contribution in [0.5, 0.6) is 0 Å². The highest BCUT2D eigenvalue weighted by atomic mass is 32.2. The van der Waals surface area contributed by atoms with E-state index in [1.54, 1.807) is 17.9 Å². The van der Waals surface area contributed by atoms with E-state index in [-0.39, 0.29) is 29.9 Å². The number of esters is 1. The predicted octanol–water partition coefficient (Wildman–Crippen LogP) is 1.78. The third kappa shape index (κ3) is 5.59. The number of benzene rings is 1. The molecule has 1 aliphatic rings. The number of ether oxygens (including phenoxy) is 1. The second kappa shape index (κ2) is 9.41. The summed E-state index contributed by atoms with van der Waals surface area (Å²) < 4.78 is 9.89. The highest BCUT2D eigenvalue weighted by Crippen LogP contribution is 2.18. The summed E-state index contributed by atoms with van der Waals surface area (Å²) >= 11 is 1.10. The first-order chi connectivity index (χ1) is 13.5. The van der Waals surface area contributed by atoms with Crippen molar-refractivity contribution >= 4 is 35.4 Å². The zero-order chi connectivity index (χ0) is 19.9. The minimum atomic E-state index is -0.527. The molecule has 9 heteroatoms. The Kier molecular flexibility index (Phi) is 6.70. The number of rotatable bonds is 7. The fraction of sp³-hybridized carbons (Fsp3) is 0.368. The number of hydrogen-bond acceptors (Lipinski definition) is 7. The Morgan fingerprint density at radius 2 is 2.04 bits per heavy atom. The van der Waals surface area contributed by atoms with Gasteiger partial charge in [0, 0.05) is 19.2 Å². The standard InChI is InChI=1S/C19H21N3O5S/c1-13-8-16(21-27-13)20-17(23)11-28-12-19(25)26-10-18(24)22-7-6-14-4-2-3-5-15(14)9-22/h2-5,8H,6-7,9-12H2,1H3,(H,20,21,23). The second-order valence-electron chi connectivity index (χ2n) is 6.36. The minimum Gasteiger partial charge on any atom is -0.455 e. The molecule has 2 amide bonds. The van der Waals surface area contributed by atoms with Crippen LogP contribution in [-0.2, 0) is 32.1 Å². The maximum atomic E-state index is 12.3. The number of hydrogen-bond donors (Lipinski definition) is 1. The molecule has 0 atom stereocenters. The molecular formula is C19H21N3O5S. The number of thioether (sulfide) groups is 1. The van der Waals surface area contributed by atoms with Gasteiger partial charge in [-0.1, -0.05) is 29.4 Å². The molecule has 0 spiro atoms. The zero-order valence-electron chi connectivity index (χ0n) is 15.5. The maximum absolute atomic E-state index is 12.3. The summed E-state index contributed by atoms with van der Waals surface area (Å²) in [5.74, 6) is -0.0612. The third-order valence-corrected chi connectivity index (χ3v) is 5.09. The summed E-state index contributed by atoms with van der Waals surface area (Å²) in [6.07, 6.45) is 0.797. The van der Waals surface area contributed by atoms with E-state index in [9.17, 15) is 14.4 Å². The van der Waals surface area contributed by atoms with Gasteiger partial charge in [-0.3, -0.25) is 14.4 Å². The lowest BCUT2D eigenvalue weighted by Crippen LogP contribution is -2.38. The van der Waals surface area contributed by atoms with E-state index in [2.05, 4.69) is 16.5 Å². The predicted molar refractivity (Wildman–Crippen MR) is 104 cm³/mol. The van der Waals surface area contributed by atoms with Gasteiger partial charge in [-0.25, -0.2) is 0 Å². The van der Waals surface area contributed by atoms with Gasteiger partial charge in [-0.2, -0.15) is 0 Å². The van der Waals surface area contributed by atoms with Crippen LogP contribution in [0.15, 0.2) is 34.9 Å². The van der Waals surface area contributed by atoms with Crippen LogP contribution in [0.3, 0.4) is 0 Å². The summed E-state index contributed by atoms with van der Waals surface area (Å²) in [5.41, 5.74) is 2.37. The van der Waals surface area contributed by atoms with Crippen LogP contribution in [-0.4, -0.2) is 52.5 Å². The monoisotopic (exact) mass is 403 g/mol. The molecule has 1 aromatic heterocycles. The lowest BCUT2D eigenvalue weighted by atomic mass is 10.00. The third-order valence-electron chi connectivity index (χ3n) is 4.19. The smallest absolute Gasteiger partial charge is 0.316 e. The van der Waals surface area contributed by atoms with Crippen molar-refractivity contribution in [2.45, 2.75) is 19.9 Å². The van der Waals surface area contributed by atoms with Crippen LogP contribution >= 0.6 is 11.8 Å². The molecule has 0 unspecified atom stereocenters. The van der Waals surface area contributed by atoms with Crippen LogP contribution in [0.4, 0.5) is 5.82 Å². The number of carbonyl (C=O) groups excluding carboxylic acids is 3. The molecule has 3 rings (SSSR count). The van der Waals surface area contributed by atoms with Gasteiger partial charge in [0.1, 0.15) is 5.76 Å². The van der Waals surface area contributed by atoms with Gasteiger partial charge in [0.25, 0.3) is 5.91 Å². The Balaban J connectivity index is 1.33. The van der Waals surface area contributed by atoms with Crippen molar-refractivity contribution in [1.82, 2.24) is 10.1 Å². The molecule has 0 aliphatic carbocycles. The Morgan fingerprint density at radius 1 is 1.25 bits per heavy atom. The summed E-state index contributed by atoms with van der Waals surface area (Å²) in [6.45, 7) is 2.58. The molecule has 0 radical (unpaired) electrons. The number of anilines is 1. The van der Waals surface area contributed by atoms with E-state index < -0.39 is 5.97 Å². The molecule has 0 fully saturated rings. The highest BCUT2D eigenvalue weighted by molar-refractivity contribution is 8.00. The zero-order valence-corrected chi connectivity index (χ0v) is 16.3. The van der Waals surface area contributed by atoms with Gasteiger partial charge >= 0.3 is 5.97 Å². The van der Waals surface area contributed by atoms with Gasteiger partial charge < -0.3 is 19.5 Å². The summed E-state index contributed by atoms with van der Waals surface area (Å²) in [7, 11) is 0. The number of aromatic nitrogens is 1. The normalized spacial score (nSPS) is 13.0. The van der Waals surface area contributed by atoms with E-state index >= 15 is 0 Å². The first-order valence-electron chi connectivity index (χ1n) is 8.82. The largest absolute Gasteiger partial charge is 0.455 e.